The second-order valence-corrected chi connectivity index (χ2v) is 9.95. The van der Waals surface area contributed by atoms with E-state index in [2.05, 4.69) is 5.32 Å². The Morgan fingerprint density at radius 2 is 0.812 bits per heavy atom. The molecule has 3 N–H and O–H groups in total. The first-order valence-corrected chi connectivity index (χ1v) is 16.3. The number of nitrogens with two attached hydrogens (primary N) is 1. The van der Waals surface area contributed by atoms with Gasteiger partial charge in [-0.1, -0.05) is 12.1 Å². The van der Waals surface area contributed by atoms with Gasteiger partial charge in [-0.3, -0.25) is 4.79 Å². The van der Waals surface area contributed by atoms with E-state index in [4.69, 9.17) is 57.8 Å². The van der Waals surface area contributed by atoms with Crippen molar-refractivity contribution >= 4 is 17.3 Å². The SMILES string of the molecule is CC(=O)Nc1ccc(OCCOCCOCCOCCOCCOCCOCCOCCOCCOCCOc2ccccc2N)cc1. The van der Waals surface area contributed by atoms with Crippen molar-refractivity contribution in [2.24, 2.45) is 0 Å². The van der Waals surface area contributed by atoms with Crippen LogP contribution in [0.2, 0.25) is 0 Å². The third-order valence-electron chi connectivity index (χ3n) is 6.05. The number of benzene rings is 2. The van der Waals surface area contributed by atoms with Crippen LogP contribution in [0, 0.1) is 0 Å². The van der Waals surface area contributed by atoms with Crippen molar-refractivity contribution in [1.29, 1.82) is 0 Å². The Bertz CT molecular complexity index is 1030. The maximum atomic E-state index is 11.0. The predicted octanol–water partition coefficient (Wildman–Crippen LogP) is 2.83. The highest BCUT2D eigenvalue weighted by Gasteiger charge is 2.00. The number of nitrogen functional groups attached to an aromatic ring is 1. The van der Waals surface area contributed by atoms with Crippen molar-refractivity contribution in [2.75, 3.05) is 143 Å². The fraction of sp³-hybridized carbons (Fsp3) is 0.618. The molecule has 2 rings (SSSR count). The minimum Gasteiger partial charge on any atom is -0.491 e. The van der Waals surface area contributed by atoms with Gasteiger partial charge in [-0.15, -0.1) is 0 Å². The van der Waals surface area contributed by atoms with Crippen LogP contribution in [0.4, 0.5) is 11.4 Å². The van der Waals surface area contributed by atoms with Crippen molar-refractivity contribution in [3.8, 4) is 11.5 Å². The van der Waals surface area contributed by atoms with Crippen LogP contribution in [-0.4, -0.2) is 138 Å². The maximum absolute atomic E-state index is 11.0. The Labute approximate surface area is 284 Å². The molecular weight excluding hydrogens is 628 g/mol. The molecule has 0 heterocycles. The Morgan fingerprint density at radius 3 is 1.17 bits per heavy atom. The van der Waals surface area contributed by atoms with Crippen LogP contribution in [0.25, 0.3) is 0 Å². The number of rotatable bonds is 33. The molecule has 1 amide bonds. The summed E-state index contributed by atoms with van der Waals surface area (Å²) < 4.78 is 60.5. The molecule has 14 heteroatoms. The van der Waals surface area contributed by atoms with E-state index in [1.807, 2.05) is 18.2 Å². The predicted molar refractivity (Wildman–Crippen MR) is 180 cm³/mol. The molecule has 2 aromatic rings. The molecule has 0 saturated heterocycles. The summed E-state index contributed by atoms with van der Waals surface area (Å²) in [7, 11) is 0. The van der Waals surface area contributed by atoms with E-state index in [0.29, 0.717) is 149 Å². The topological polar surface area (TPSA) is 157 Å². The van der Waals surface area contributed by atoms with Crippen molar-refractivity contribution in [1.82, 2.24) is 0 Å². The van der Waals surface area contributed by atoms with Crippen molar-refractivity contribution in [2.45, 2.75) is 6.92 Å². The number of anilines is 2. The van der Waals surface area contributed by atoms with Crippen LogP contribution in [-0.2, 0) is 47.4 Å². The highest BCUT2D eigenvalue weighted by molar-refractivity contribution is 5.88. The summed E-state index contributed by atoms with van der Waals surface area (Å²) >= 11 is 0. The normalized spacial score (nSPS) is 11.1. The summed E-state index contributed by atoms with van der Waals surface area (Å²) in [5, 5.41) is 2.71. The standard InChI is InChI=1S/C34H54N2O12/c1-30(37)36-31-6-8-32(9-7-31)47-28-26-45-24-22-43-20-18-41-16-14-39-12-10-38-11-13-40-15-17-42-19-21-44-23-25-46-27-29-48-34-5-3-2-4-33(34)35/h2-9H,10-29,35H2,1H3,(H,36,37). The zero-order valence-corrected chi connectivity index (χ0v) is 28.2. The molecule has 0 spiro atoms. The van der Waals surface area contributed by atoms with Gasteiger partial charge in [0, 0.05) is 12.6 Å². The minimum absolute atomic E-state index is 0.109. The lowest BCUT2D eigenvalue weighted by atomic mass is 10.3. The molecule has 0 aliphatic carbocycles. The van der Waals surface area contributed by atoms with E-state index in [9.17, 15) is 4.79 Å². The average Bonchev–Trinajstić information content (AvgIpc) is 3.08. The lowest BCUT2D eigenvalue weighted by molar-refractivity contribution is -0.114. The molecule has 0 aromatic heterocycles. The van der Waals surface area contributed by atoms with E-state index in [0.717, 1.165) is 5.69 Å². The molecule has 2 aromatic carbocycles. The Kier molecular flexibility index (Phi) is 25.7. The molecule has 0 aliphatic rings. The molecule has 0 bridgehead atoms. The van der Waals surface area contributed by atoms with Crippen molar-refractivity contribution < 1.29 is 56.9 Å². The van der Waals surface area contributed by atoms with Crippen molar-refractivity contribution in [3.05, 3.63) is 48.5 Å². The van der Waals surface area contributed by atoms with Gasteiger partial charge in [0.25, 0.3) is 0 Å². The molecule has 0 saturated carbocycles. The summed E-state index contributed by atoms with van der Waals surface area (Å²) in [5.41, 5.74) is 7.16. The summed E-state index contributed by atoms with van der Waals surface area (Å²) in [5.74, 6) is 1.27. The first-order valence-electron chi connectivity index (χ1n) is 16.3. The first kappa shape index (κ1) is 41.1. The Morgan fingerprint density at radius 1 is 0.479 bits per heavy atom. The van der Waals surface area contributed by atoms with E-state index >= 15 is 0 Å². The minimum atomic E-state index is -0.109. The van der Waals surface area contributed by atoms with Gasteiger partial charge in [0.15, 0.2) is 0 Å². The van der Waals surface area contributed by atoms with Crippen LogP contribution in [0.1, 0.15) is 6.92 Å². The highest BCUT2D eigenvalue weighted by atomic mass is 16.6. The summed E-state index contributed by atoms with van der Waals surface area (Å²) in [4.78, 5) is 11.0. The maximum Gasteiger partial charge on any atom is 0.221 e. The number of nitrogens with one attached hydrogen (secondary N) is 1. The molecule has 272 valence electrons. The van der Waals surface area contributed by atoms with Crippen LogP contribution in [0.15, 0.2) is 48.5 Å². The fourth-order valence-electron chi connectivity index (χ4n) is 3.74. The van der Waals surface area contributed by atoms with E-state index in [1.165, 1.54) is 6.92 Å². The molecule has 0 fully saturated rings. The van der Waals surface area contributed by atoms with Crippen LogP contribution >= 0.6 is 0 Å². The summed E-state index contributed by atoms with van der Waals surface area (Å²) in [6, 6.07) is 14.5. The largest absolute Gasteiger partial charge is 0.491 e. The van der Waals surface area contributed by atoms with Crippen LogP contribution < -0.4 is 20.5 Å². The number of amides is 1. The number of carbonyl (C=O) groups excluding carboxylic acids is 1. The van der Waals surface area contributed by atoms with Crippen molar-refractivity contribution in [3.63, 3.8) is 0 Å². The van der Waals surface area contributed by atoms with Gasteiger partial charge in [0.2, 0.25) is 5.91 Å². The molecule has 0 atom stereocenters. The smallest absolute Gasteiger partial charge is 0.221 e. The number of para-hydroxylation sites is 2. The Hall–Kier alpha value is -3.05. The van der Waals surface area contributed by atoms with Gasteiger partial charge < -0.3 is 63.2 Å². The third-order valence-corrected chi connectivity index (χ3v) is 6.05. The van der Waals surface area contributed by atoms with E-state index in [-0.39, 0.29) is 5.91 Å². The third kappa shape index (κ3) is 24.1. The van der Waals surface area contributed by atoms with Gasteiger partial charge in [-0.05, 0) is 36.4 Å². The van der Waals surface area contributed by atoms with Gasteiger partial charge in [0.05, 0.1) is 125 Å². The first-order chi connectivity index (χ1) is 23.6. The number of hydrogen-bond acceptors (Lipinski definition) is 13. The zero-order valence-electron chi connectivity index (χ0n) is 28.2. The second kappa shape index (κ2) is 30.0. The lowest BCUT2D eigenvalue weighted by Gasteiger charge is -2.10. The molecule has 0 unspecified atom stereocenters. The number of carbonyl (C=O) groups is 1. The van der Waals surface area contributed by atoms with E-state index < -0.39 is 0 Å². The highest BCUT2D eigenvalue weighted by Crippen LogP contribution is 2.19. The number of ether oxygens (including phenoxy) is 11. The summed E-state index contributed by atoms with van der Waals surface area (Å²) in [6.45, 7) is 11.1. The molecular formula is C34H54N2O12. The van der Waals surface area contributed by atoms with Crippen LogP contribution in [0.3, 0.4) is 0 Å². The van der Waals surface area contributed by atoms with Gasteiger partial charge in [-0.2, -0.15) is 0 Å². The lowest BCUT2D eigenvalue weighted by Crippen LogP contribution is -2.15. The molecule has 0 aliphatic heterocycles. The molecule has 14 nitrogen and oxygen atoms in total. The van der Waals surface area contributed by atoms with Gasteiger partial charge >= 0.3 is 0 Å². The average molecular weight is 683 g/mol. The fourth-order valence-corrected chi connectivity index (χ4v) is 3.74. The van der Waals surface area contributed by atoms with Crippen LogP contribution in [0.5, 0.6) is 11.5 Å². The van der Waals surface area contributed by atoms with Gasteiger partial charge in [-0.25, -0.2) is 0 Å². The quantitative estimate of drug-likeness (QED) is 0.0838. The molecule has 48 heavy (non-hydrogen) atoms. The monoisotopic (exact) mass is 682 g/mol. The summed E-state index contributed by atoms with van der Waals surface area (Å²) in [6.07, 6.45) is 0. The van der Waals surface area contributed by atoms with E-state index in [1.54, 1.807) is 30.3 Å². The van der Waals surface area contributed by atoms with Gasteiger partial charge in [0.1, 0.15) is 24.7 Å². The Balaban J connectivity index is 1.17. The second-order valence-electron chi connectivity index (χ2n) is 9.95. The molecule has 0 radical (unpaired) electrons. The zero-order chi connectivity index (χ0) is 34.2. The number of hydrogen-bond donors (Lipinski definition) is 2.